The number of amides is 1. The molecule has 94 valence electrons. The first-order valence-electron chi connectivity index (χ1n) is 5.94. The summed E-state index contributed by atoms with van der Waals surface area (Å²) in [5.41, 5.74) is 0. The van der Waals surface area contributed by atoms with E-state index in [1.54, 1.807) is 7.11 Å². The van der Waals surface area contributed by atoms with Gasteiger partial charge in [0.15, 0.2) is 0 Å². The van der Waals surface area contributed by atoms with Gasteiger partial charge in [0.05, 0.1) is 7.11 Å². The standard InChI is InChI=1S/C12H18N2O2S/c1-16-10-5-7-17-11(10)12(15)14-8-9-4-2-3-6-13-9/h5,7,9,13H,2-4,6,8H2,1H3,(H,14,15). The highest BCUT2D eigenvalue weighted by molar-refractivity contribution is 7.12. The van der Waals surface area contributed by atoms with E-state index in [2.05, 4.69) is 10.6 Å². The van der Waals surface area contributed by atoms with Crippen LogP contribution in [0, 0.1) is 0 Å². The van der Waals surface area contributed by atoms with Gasteiger partial charge in [0.2, 0.25) is 0 Å². The Morgan fingerprint density at radius 3 is 3.24 bits per heavy atom. The van der Waals surface area contributed by atoms with Crippen LogP contribution >= 0.6 is 11.3 Å². The van der Waals surface area contributed by atoms with E-state index >= 15 is 0 Å². The van der Waals surface area contributed by atoms with E-state index in [4.69, 9.17) is 4.74 Å². The summed E-state index contributed by atoms with van der Waals surface area (Å²) in [6.07, 6.45) is 3.63. The summed E-state index contributed by atoms with van der Waals surface area (Å²) in [6.45, 7) is 1.75. The average Bonchev–Trinajstić information content (AvgIpc) is 2.85. The maximum absolute atomic E-state index is 11.9. The third kappa shape index (κ3) is 3.20. The van der Waals surface area contributed by atoms with Crippen molar-refractivity contribution in [3.05, 3.63) is 16.3 Å². The Morgan fingerprint density at radius 2 is 2.53 bits per heavy atom. The summed E-state index contributed by atoms with van der Waals surface area (Å²) in [5.74, 6) is 0.619. The molecule has 0 aromatic carbocycles. The first kappa shape index (κ1) is 12.4. The number of methoxy groups -OCH3 is 1. The molecule has 0 aliphatic carbocycles. The SMILES string of the molecule is COc1ccsc1C(=O)NCC1CCCCN1. The van der Waals surface area contributed by atoms with Gasteiger partial charge >= 0.3 is 0 Å². The fraction of sp³-hybridized carbons (Fsp3) is 0.583. The molecular weight excluding hydrogens is 236 g/mol. The van der Waals surface area contributed by atoms with Crippen LogP contribution in [0.5, 0.6) is 5.75 Å². The second-order valence-corrected chi connectivity index (χ2v) is 5.09. The van der Waals surface area contributed by atoms with Crippen LogP contribution in [0.25, 0.3) is 0 Å². The summed E-state index contributed by atoms with van der Waals surface area (Å²) in [6, 6.07) is 2.23. The summed E-state index contributed by atoms with van der Waals surface area (Å²) in [5, 5.41) is 8.23. The molecule has 1 aliphatic rings. The van der Waals surface area contributed by atoms with Gasteiger partial charge in [-0.05, 0) is 30.8 Å². The molecule has 0 saturated carbocycles. The van der Waals surface area contributed by atoms with Crippen molar-refractivity contribution in [1.82, 2.24) is 10.6 Å². The lowest BCUT2D eigenvalue weighted by Crippen LogP contribution is -2.43. The molecule has 0 radical (unpaired) electrons. The summed E-state index contributed by atoms with van der Waals surface area (Å²) in [4.78, 5) is 12.6. The zero-order valence-corrected chi connectivity index (χ0v) is 10.8. The molecule has 0 spiro atoms. The maximum atomic E-state index is 11.9. The molecule has 1 aromatic heterocycles. The van der Waals surface area contributed by atoms with Gasteiger partial charge in [-0.15, -0.1) is 11.3 Å². The number of piperidine rings is 1. The van der Waals surface area contributed by atoms with Gasteiger partial charge < -0.3 is 15.4 Å². The van der Waals surface area contributed by atoms with Gasteiger partial charge in [-0.3, -0.25) is 4.79 Å². The maximum Gasteiger partial charge on any atom is 0.265 e. The molecule has 1 unspecified atom stereocenters. The Hall–Kier alpha value is -1.07. The first-order valence-corrected chi connectivity index (χ1v) is 6.82. The lowest BCUT2D eigenvalue weighted by Gasteiger charge is -2.23. The monoisotopic (exact) mass is 254 g/mol. The van der Waals surface area contributed by atoms with Gasteiger partial charge in [-0.25, -0.2) is 0 Å². The molecule has 1 aromatic rings. The quantitative estimate of drug-likeness (QED) is 0.858. The van der Waals surface area contributed by atoms with Crippen LogP contribution in [0.1, 0.15) is 28.9 Å². The van der Waals surface area contributed by atoms with Crippen molar-refractivity contribution in [3.8, 4) is 5.75 Å². The Labute approximate surface area is 105 Å². The fourth-order valence-electron chi connectivity index (χ4n) is 2.02. The second-order valence-electron chi connectivity index (χ2n) is 4.17. The average molecular weight is 254 g/mol. The van der Waals surface area contributed by atoms with Gasteiger partial charge in [0.1, 0.15) is 10.6 Å². The molecule has 1 atom stereocenters. The van der Waals surface area contributed by atoms with Gasteiger partial charge in [-0.1, -0.05) is 6.42 Å². The van der Waals surface area contributed by atoms with Gasteiger partial charge in [0.25, 0.3) is 5.91 Å². The van der Waals surface area contributed by atoms with Crippen molar-refractivity contribution in [2.24, 2.45) is 0 Å². The van der Waals surface area contributed by atoms with Crippen molar-refractivity contribution in [1.29, 1.82) is 0 Å². The highest BCUT2D eigenvalue weighted by atomic mass is 32.1. The zero-order valence-electron chi connectivity index (χ0n) is 9.99. The Bertz CT molecular complexity index is 372. The predicted molar refractivity (Wildman–Crippen MR) is 68.8 cm³/mol. The van der Waals surface area contributed by atoms with E-state index in [0.717, 1.165) is 13.0 Å². The molecule has 0 bridgehead atoms. The van der Waals surface area contributed by atoms with Crippen LogP contribution in [0.4, 0.5) is 0 Å². The van der Waals surface area contributed by atoms with E-state index in [-0.39, 0.29) is 5.91 Å². The summed E-state index contributed by atoms with van der Waals surface area (Å²) < 4.78 is 5.13. The number of ether oxygens (including phenoxy) is 1. The number of carbonyl (C=O) groups excluding carboxylic acids is 1. The molecule has 1 fully saturated rings. The second kappa shape index (κ2) is 6.02. The predicted octanol–water partition coefficient (Wildman–Crippen LogP) is 1.63. The molecule has 2 rings (SSSR count). The minimum Gasteiger partial charge on any atom is -0.495 e. The van der Waals surface area contributed by atoms with Crippen molar-refractivity contribution in [2.75, 3.05) is 20.2 Å². The third-order valence-electron chi connectivity index (χ3n) is 2.98. The van der Waals surface area contributed by atoms with Crippen LogP contribution in [0.3, 0.4) is 0 Å². The largest absolute Gasteiger partial charge is 0.495 e. The number of hydrogen-bond acceptors (Lipinski definition) is 4. The molecule has 1 saturated heterocycles. The van der Waals surface area contributed by atoms with Crippen molar-refractivity contribution < 1.29 is 9.53 Å². The lowest BCUT2D eigenvalue weighted by atomic mass is 10.1. The fourth-order valence-corrected chi connectivity index (χ4v) is 2.79. The molecule has 1 aliphatic heterocycles. The van der Waals surface area contributed by atoms with Gasteiger partial charge in [-0.2, -0.15) is 0 Å². The smallest absolute Gasteiger partial charge is 0.265 e. The molecule has 1 amide bonds. The van der Waals surface area contributed by atoms with E-state index in [1.165, 1.54) is 24.2 Å². The highest BCUT2D eigenvalue weighted by Crippen LogP contribution is 2.23. The summed E-state index contributed by atoms with van der Waals surface area (Å²) in [7, 11) is 1.58. The van der Waals surface area contributed by atoms with Crippen LogP contribution in [0.15, 0.2) is 11.4 Å². The van der Waals surface area contributed by atoms with E-state index in [0.29, 0.717) is 23.2 Å². The van der Waals surface area contributed by atoms with E-state index in [9.17, 15) is 4.79 Å². The van der Waals surface area contributed by atoms with E-state index < -0.39 is 0 Å². The van der Waals surface area contributed by atoms with E-state index in [1.807, 2.05) is 11.4 Å². The van der Waals surface area contributed by atoms with Gasteiger partial charge in [0, 0.05) is 12.6 Å². The number of nitrogens with one attached hydrogen (secondary N) is 2. The molecule has 2 heterocycles. The lowest BCUT2D eigenvalue weighted by molar-refractivity contribution is 0.0949. The van der Waals surface area contributed by atoms with Crippen molar-refractivity contribution >= 4 is 17.2 Å². The normalized spacial score (nSPS) is 19.9. The number of hydrogen-bond donors (Lipinski definition) is 2. The molecule has 5 heteroatoms. The Kier molecular flexibility index (Phi) is 4.39. The van der Waals surface area contributed by atoms with Crippen LogP contribution in [-0.4, -0.2) is 32.1 Å². The van der Waals surface area contributed by atoms with Crippen LogP contribution in [-0.2, 0) is 0 Å². The Morgan fingerprint density at radius 1 is 1.65 bits per heavy atom. The first-order chi connectivity index (χ1) is 8.31. The van der Waals surface area contributed by atoms with Crippen LogP contribution < -0.4 is 15.4 Å². The number of carbonyl (C=O) groups is 1. The van der Waals surface area contributed by atoms with Crippen molar-refractivity contribution in [3.63, 3.8) is 0 Å². The minimum absolute atomic E-state index is 0.0378. The zero-order chi connectivity index (χ0) is 12.1. The molecule has 4 nitrogen and oxygen atoms in total. The third-order valence-corrected chi connectivity index (χ3v) is 3.87. The van der Waals surface area contributed by atoms with Crippen LogP contribution in [0.2, 0.25) is 0 Å². The summed E-state index contributed by atoms with van der Waals surface area (Å²) >= 11 is 1.41. The number of rotatable bonds is 4. The Balaban J connectivity index is 1.84. The highest BCUT2D eigenvalue weighted by Gasteiger charge is 2.17. The molecule has 2 N–H and O–H groups in total. The molecular formula is C12H18N2O2S. The minimum atomic E-state index is -0.0378. The topological polar surface area (TPSA) is 50.4 Å². The number of thiophene rings is 1. The van der Waals surface area contributed by atoms with Crippen molar-refractivity contribution in [2.45, 2.75) is 25.3 Å². The molecule has 17 heavy (non-hydrogen) atoms.